The predicted molar refractivity (Wildman–Crippen MR) is 80.4 cm³/mol. The van der Waals surface area contributed by atoms with Gasteiger partial charge in [0.15, 0.2) is 5.82 Å². The third kappa shape index (κ3) is 3.36. The Morgan fingerprint density at radius 3 is 3.00 bits per heavy atom. The highest BCUT2D eigenvalue weighted by Gasteiger charge is 2.21. The molecule has 0 aliphatic carbocycles. The maximum absolute atomic E-state index is 12.2. The number of fused-ring (bicyclic) bond motifs is 1. The smallest absolute Gasteiger partial charge is 0.318 e. The normalized spacial score (nSPS) is 15.0. The molecule has 0 fully saturated rings. The van der Waals surface area contributed by atoms with Gasteiger partial charge < -0.3 is 19.5 Å². The first-order chi connectivity index (χ1) is 10.7. The molecule has 3 rings (SSSR count). The number of hydrogen-bond acceptors (Lipinski definition) is 4. The van der Waals surface area contributed by atoms with Gasteiger partial charge in [0, 0.05) is 13.1 Å². The van der Waals surface area contributed by atoms with Crippen LogP contribution >= 0.6 is 0 Å². The standard InChI is InChI=1S/C15H19N5O2/c1-12(22-13-5-3-2-4-6-13)9-16-15(21)19-7-8-20-11-17-18-14(20)10-19/h2-6,11-12H,7-10H2,1H3,(H,16,21). The number of carbonyl (C=O) groups excluding carboxylic acids is 1. The molecule has 0 spiro atoms. The number of benzene rings is 1. The Hall–Kier alpha value is -2.57. The second kappa shape index (κ2) is 6.46. The van der Waals surface area contributed by atoms with Crippen LogP contribution in [0.25, 0.3) is 0 Å². The van der Waals surface area contributed by atoms with E-state index in [1.165, 1.54) is 0 Å². The number of amides is 2. The third-order valence-electron chi connectivity index (χ3n) is 3.55. The Labute approximate surface area is 128 Å². The summed E-state index contributed by atoms with van der Waals surface area (Å²) in [4.78, 5) is 13.9. The molecule has 1 unspecified atom stereocenters. The zero-order valence-electron chi connectivity index (χ0n) is 12.5. The first kappa shape index (κ1) is 14.4. The van der Waals surface area contributed by atoms with E-state index < -0.39 is 0 Å². The van der Waals surface area contributed by atoms with Crippen LogP contribution in [-0.4, -0.2) is 44.9 Å². The number of nitrogens with one attached hydrogen (secondary N) is 1. The Morgan fingerprint density at radius 1 is 1.36 bits per heavy atom. The quantitative estimate of drug-likeness (QED) is 0.923. The molecule has 7 heteroatoms. The molecule has 2 amide bonds. The Balaban J connectivity index is 1.46. The first-order valence-corrected chi connectivity index (χ1v) is 7.33. The largest absolute Gasteiger partial charge is 0.489 e. The molecule has 1 N–H and O–H groups in total. The fraction of sp³-hybridized carbons (Fsp3) is 0.400. The number of aromatic nitrogens is 3. The van der Waals surface area contributed by atoms with Crippen molar-refractivity contribution in [3.05, 3.63) is 42.5 Å². The van der Waals surface area contributed by atoms with Crippen LogP contribution in [0.2, 0.25) is 0 Å². The zero-order chi connectivity index (χ0) is 15.4. The third-order valence-corrected chi connectivity index (χ3v) is 3.55. The zero-order valence-corrected chi connectivity index (χ0v) is 12.5. The van der Waals surface area contributed by atoms with E-state index in [0.717, 1.165) is 18.1 Å². The highest BCUT2D eigenvalue weighted by molar-refractivity contribution is 5.74. The maximum atomic E-state index is 12.2. The van der Waals surface area contributed by atoms with Crippen molar-refractivity contribution in [2.24, 2.45) is 0 Å². The van der Waals surface area contributed by atoms with Crippen molar-refractivity contribution < 1.29 is 9.53 Å². The molecule has 2 heterocycles. The molecule has 1 aromatic heterocycles. The second-order valence-electron chi connectivity index (χ2n) is 5.29. The van der Waals surface area contributed by atoms with Gasteiger partial charge in [0.2, 0.25) is 0 Å². The summed E-state index contributed by atoms with van der Waals surface area (Å²) in [6.45, 7) is 4.26. The van der Waals surface area contributed by atoms with Gasteiger partial charge in [0.05, 0.1) is 13.1 Å². The Bertz CT molecular complexity index is 628. The van der Waals surface area contributed by atoms with Crippen LogP contribution in [0, 0.1) is 0 Å². The average molecular weight is 301 g/mol. The molecule has 116 valence electrons. The number of urea groups is 1. The molecule has 0 radical (unpaired) electrons. The fourth-order valence-corrected chi connectivity index (χ4v) is 2.36. The highest BCUT2D eigenvalue weighted by Crippen LogP contribution is 2.11. The first-order valence-electron chi connectivity index (χ1n) is 7.33. The van der Waals surface area contributed by atoms with Crippen molar-refractivity contribution in [3.63, 3.8) is 0 Å². The Morgan fingerprint density at radius 2 is 2.18 bits per heavy atom. The van der Waals surface area contributed by atoms with Gasteiger partial charge in [-0.05, 0) is 19.1 Å². The van der Waals surface area contributed by atoms with Crippen LogP contribution in [0.4, 0.5) is 4.79 Å². The summed E-state index contributed by atoms with van der Waals surface area (Å²) in [6, 6.07) is 9.48. The van der Waals surface area contributed by atoms with E-state index in [1.54, 1.807) is 11.2 Å². The van der Waals surface area contributed by atoms with E-state index in [0.29, 0.717) is 19.6 Å². The summed E-state index contributed by atoms with van der Waals surface area (Å²) in [5, 5.41) is 10.8. The van der Waals surface area contributed by atoms with Crippen LogP contribution in [0.5, 0.6) is 5.75 Å². The number of carbonyl (C=O) groups is 1. The Kier molecular flexibility index (Phi) is 4.22. The molecule has 2 aromatic rings. The van der Waals surface area contributed by atoms with Crippen molar-refractivity contribution in [3.8, 4) is 5.75 Å². The summed E-state index contributed by atoms with van der Waals surface area (Å²) in [5.41, 5.74) is 0. The van der Waals surface area contributed by atoms with Crippen LogP contribution in [0.3, 0.4) is 0 Å². The molecule has 1 aromatic carbocycles. The van der Waals surface area contributed by atoms with Crippen molar-refractivity contribution in [1.29, 1.82) is 0 Å². The predicted octanol–water partition coefficient (Wildman–Crippen LogP) is 1.27. The van der Waals surface area contributed by atoms with Gasteiger partial charge in [0.25, 0.3) is 0 Å². The minimum absolute atomic E-state index is 0.0974. The number of para-hydroxylation sites is 1. The summed E-state index contributed by atoms with van der Waals surface area (Å²) in [5.74, 6) is 1.62. The fourth-order valence-electron chi connectivity index (χ4n) is 2.36. The van der Waals surface area contributed by atoms with Crippen molar-refractivity contribution in [2.45, 2.75) is 26.1 Å². The van der Waals surface area contributed by atoms with E-state index in [-0.39, 0.29) is 12.1 Å². The summed E-state index contributed by atoms with van der Waals surface area (Å²) in [7, 11) is 0. The van der Waals surface area contributed by atoms with Gasteiger partial charge in [0.1, 0.15) is 18.2 Å². The van der Waals surface area contributed by atoms with Crippen LogP contribution < -0.4 is 10.1 Å². The van der Waals surface area contributed by atoms with E-state index >= 15 is 0 Å². The number of hydrogen-bond donors (Lipinski definition) is 1. The van der Waals surface area contributed by atoms with Gasteiger partial charge in [-0.3, -0.25) is 0 Å². The van der Waals surface area contributed by atoms with Crippen LogP contribution in [-0.2, 0) is 13.1 Å². The van der Waals surface area contributed by atoms with Gasteiger partial charge in [-0.25, -0.2) is 4.79 Å². The monoisotopic (exact) mass is 301 g/mol. The van der Waals surface area contributed by atoms with Crippen LogP contribution in [0.1, 0.15) is 12.7 Å². The van der Waals surface area contributed by atoms with Crippen molar-refractivity contribution in [1.82, 2.24) is 25.0 Å². The van der Waals surface area contributed by atoms with Crippen molar-refractivity contribution >= 4 is 6.03 Å². The van der Waals surface area contributed by atoms with Gasteiger partial charge in [-0.15, -0.1) is 10.2 Å². The molecule has 1 atom stereocenters. The van der Waals surface area contributed by atoms with E-state index in [9.17, 15) is 4.79 Å². The second-order valence-corrected chi connectivity index (χ2v) is 5.29. The van der Waals surface area contributed by atoms with Gasteiger partial charge >= 0.3 is 6.03 Å². The summed E-state index contributed by atoms with van der Waals surface area (Å²) in [6.07, 6.45) is 1.60. The average Bonchev–Trinajstić information content (AvgIpc) is 3.01. The van der Waals surface area contributed by atoms with Crippen molar-refractivity contribution in [2.75, 3.05) is 13.1 Å². The molecule has 0 bridgehead atoms. The topological polar surface area (TPSA) is 72.3 Å². The van der Waals surface area contributed by atoms with Crippen LogP contribution in [0.15, 0.2) is 36.7 Å². The summed E-state index contributed by atoms with van der Waals surface area (Å²) < 4.78 is 7.70. The summed E-state index contributed by atoms with van der Waals surface area (Å²) >= 11 is 0. The highest BCUT2D eigenvalue weighted by atomic mass is 16.5. The van der Waals surface area contributed by atoms with E-state index in [1.807, 2.05) is 41.8 Å². The van der Waals surface area contributed by atoms with Gasteiger partial charge in [-0.1, -0.05) is 18.2 Å². The number of rotatable bonds is 4. The lowest BCUT2D eigenvalue weighted by Gasteiger charge is -2.27. The molecule has 7 nitrogen and oxygen atoms in total. The number of nitrogens with zero attached hydrogens (tertiary/aromatic N) is 4. The molecule has 22 heavy (non-hydrogen) atoms. The minimum Gasteiger partial charge on any atom is -0.489 e. The molecular formula is C15H19N5O2. The number of ether oxygens (including phenoxy) is 1. The maximum Gasteiger partial charge on any atom is 0.318 e. The van der Waals surface area contributed by atoms with E-state index in [2.05, 4.69) is 15.5 Å². The lowest BCUT2D eigenvalue weighted by Crippen LogP contribution is -2.46. The minimum atomic E-state index is -0.0993. The lowest BCUT2D eigenvalue weighted by molar-refractivity contribution is 0.170. The molecule has 1 aliphatic heterocycles. The van der Waals surface area contributed by atoms with Gasteiger partial charge in [-0.2, -0.15) is 0 Å². The molecule has 1 aliphatic rings. The molecular weight excluding hydrogens is 282 g/mol. The molecule has 0 saturated heterocycles. The lowest BCUT2D eigenvalue weighted by atomic mass is 10.3. The SMILES string of the molecule is CC(CNC(=O)N1CCn2cnnc2C1)Oc1ccccc1. The van der Waals surface area contributed by atoms with E-state index in [4.69, 9.17) is 4.74 Å². The molecule has 0 saturated carbocycles.